The third-order valence-corrected chi connectivity index (χ3v) is 5.06. The molecule has 1 aromatic heterocycles. The van der Waals surface area contributed by atoms with Crippen molar-refractivity contribution in [2.45, 2.75) is 38.1 Å². The van der Waals surface area contributed by atoms with Gasteiger partial charge >= 0.3 is 0 Å². The average Bonchev–Trinajstić information content (AvgIpc) is 3.31. The van der Waals surface area contributed by atoms with E-state index >= 15 is 0 Å². The van der Waals surface area contributed by atoms with E-state index in [4.69, 9.17) is 0 Å². The van der Waals surface area contributed by atoms with Crippen molar-refractivity contribution in [1.82, 2.24) is 19.8 Å². The van der Waals surface area contributed by atoms with Crippen LogP contribution in [0, 0.1) is 0 Å². The summed E-state index contributed by atoms with van der Waals surface area (Å²) in [5.41, 5.74) is 1.95. The van der Waals surface area contributed by atoms with Crippen LogP contribution < -0.4 is 0 Å². The number of aromatic amines is 1. The van der Waals surface area contributed by atoms with Crippen LogP contribution in [0.2, 0.25) is 0 Å². The molecule has 126 valence electrons. The van der Waals surface area contributed by atoms with Crippen LogP contribution in [0.25, 0.3) is 11.0 Å². The molecule has 6 heteroatoms. The Kier molecular flexibility index (Phi) is 3.96. The van der Waals surface area contributed by atoms with Gasteiger partial charge in [-0.15, -0.1) is 0 Å². The maximum atomic E-state index is 12.7. The third-order valence-electron chi connectivity index (χ3n) is 5.06. The zero-order chi connectivity index (χ0) is 16.5. The summed E-state index contributed by atoms with van der Waals surface area (Å²) in [6.07, 6.45) is 3.88. The number of likely N-dealkylation sites (tertiary alicyclic amines) is 2. The van der Waals surface area contributed by atoms with Crippen LogP contribution in [0.15, 0.2) is 24.3 Å². The Bertz CT molecular complexity index is 736. The smallest absolute Gasteiger partial charge is 0.224 e. The molecule has 2 aliphatic rings. The topological polar surface area (TPSA) is 69.3 Å². The van der Waals surface area contributed by atoms with Gasteiger partial charge in [0.1, 0.15) is 5.82 Å². The predicted octanol–water partition coefficient (Wildman–Crippen LogP) is 2.24. The SMILES string of the molecule is O=C1CCCN1CCC(=O)N1CCC[C@H]1c1nc2ccccc2[nH]1. The summed E-state index contributed by atoms with van der Waals surface area (Å²) < 4.78 is 0. The van der Waals surface area contributed by atoms with Crippen molar-refractivity contribution >= 4 is 22.8 Å². The van der Waals surface area contributed by atoms with Gasteiger partial charge in [-0.2, -0.15) is 0 Å². The van der Waals surface area contributed by atoms with Crippen molar-refractivity contribution in [3.05, 3.63) is 30.1 Å². The fraction of sp³-hybridized carbons (Fsp3) is 0.500. The van der Waals surface area contributed by atoms with Gasteiger partial charge in [-0.25, -0.2) is 4.98 Å². The Balaban J connectivity index is 1.45. The lowest BCUT2D eigenvalue weighted by molar-refractivity contribution is -0.133. The van der Waals surface area contributed by atoms with Gasteiger partial charge in [0, 0.05) is 32.5 Å². The Labute approximate surface area is 140 Å². The molecule has 0 radical (unpaired) electrons. The first-order valence-electron chi connectivity index (χ1n) is 8.74. The molecule has 4 rings (SSSR count). The van der Waals surface area contributed by atoms with Crippen molar-refractivity contribution in [3.63, 3.8) is 0 Å². The van der Waals surface area contributed by atoms with Crippen LogP contribution in [0.4, 0.5) is 0 Å². The summed E-state index contributed by atoms with van der Waals surface area (Å²) in [5.74, 6) is 1.18. The number of carbonyl (C=O) groups excluding carboxylic acids is 2. The van der Waals surface area contributed by atoms with Gasteiger partial charge < -0.3 is 14.8 Å². The monoisotopic (exact) mass is 326 g/mol. The second kappa shape index (κ2) is 6.26. The quantitative estimate of drug-likeness (QED) is 0.937. The Morgan fingerprint density at radius 1 is 1.25 bits per heavy atom. The highest BCUT2D eigenvalue weighted by Crippen LogP contribution is 2.32. The molecule has 0 spiro atoms. The fourth-order valence-corrected chi connectivity index (χ4v) is 3.79. The third kappa shape index (κ3) is 2.77. The molecule has 2 amide bonds. The summed E-state index contributed by atoms with van der Waals surface area (Å²) in [5, 5.41) is 0. The highest BCUT2D eigenvalue weighted by atomic mass is 16.2. The largest absolute Gasteiger partial charge is 0.342 e. The first-order chi connectivity index (χ1) is 11.7. The number of rotatable bonds is 4. The Morgan fingerprint density at radius 2 is 2.12 bits per heavy atom. The number of aromatic nitrogens is 2. The van der Waals surface area contributed by atoms with Gasteiger partial charge in [-0.05, 0) is 31.4 Å². The number of fused-ring (bicyclic) bond motifs is 1. The van der Waals surface area contributed by atoms with Crippen LogP contribution in [0.1, 0.15) is 44.0 Å². The van der Waals surface area contributed by atoms with Crippen LogP contribution >= 0.6 is 0 Å². The van der Waals surface area contributed by atoms with E-state index in [2.05, 4.69) is 9.97 Å². The molecule has 6 nitrogen and oxygen atoms in total. The minimum absolute atomic E-state index is 0.0270. The van der Waals surface area contributed by atoms with Crippen molar-refractivity contribution in [1.29, 1.82) is 0 Å². The normalized spacial score (nSPS) is 21.2. The van der Waals surface area contributed by atoms with Crippen molar-refractivity contribution in [3.8, 4) is 0 Å². The minimum Gasteiger partial charge on any atom is -0.342 e. The van der Waals surface area contributed by atoms with E-state index < -0.39 is 0 Å². The van der Waals surface area contributed by atoms with Crippen molar-refractivity contribution in [2.24, 2.45) is 0 Å². The van der Waals surface area contributed by atoms with Crippen LogP contribution in [0.3, 0.4) is 0 Å². The van der Waals surface area contributed by atoms with E-state index in [1.165, 1.54) is 0 Å². The van der Waals surface area contributed by atoms with E-state index in [0.29, 0.717) is 19.4 Å². The number of H-pyrrole nitrogens is 1. The molecule has 0 unspecified atom stereocenters. The Hall–Kier alpha value is -2.37. The Morgan fingerprint density at radius 3 is 2.92 bits per heavy atom. The molecule has 1 N–H and O–H groups in total. The van der Waals surface area contributed by atoms with E-state index in [9.17, 15) is 9.59 Å². The molecule has 3 heterocycles. The van der Waals surface area contributed by atoms with Gasteiger partial charge in [0.15, 0.2) is 0 Å². The van der Waals surface area contributed by atoms with E-state index in [0.717, 1.165) is 49.2 Å². The molecular weight excluding hydrogens is 304 g/mol. The van der Waals surface area contributed by atoms with Crippen LogP contribution in [-0.4, -0.2) is 51.2 Å². The minimum atomic E-state index is 0.0270. The van der Waals surface area contributed by atoms with Crippen LogP contribution in [-0.2, 0) is 9.59 Å². The van der Waals surface area contributed by atoms with E-state index in [1.807, 2.05) is 34.1 Å². The van der Waals surface area contributed by atoms with Gasteiger partial charge in [-0.1, -0.05) is 12.1 Å². The standard InChI is InChI=1S/C18H22N4O2/c23-16-8-4-10-21(16)12-9-17(24)22-11-3-7-15(22)18-19-13-5-1-2-6-14(13)20-18/h1-2,5-6,15H,3-4,7-12H2,(H,19,20)/t15-/m0/s1. The molecule has 2 saturated heterocycles. The molecule has 1 aromatic carbocycles. The number of nitrogens with zero attached hydrogens (tertiary/aromatic N) is 3. The second-order valence-corrected chi connectivity index (χ2v) is 6.62. The summed E-state index contributed by atoms with van der Waals surface area (Å²) >= 11 is 0. The molecule has 0 aliphatic carbocycles. The summed E-state index contributed by atoms with van der Waals surface area (Å²) in [7, 11) is 0. The molecule has 2 fully saturated rings. The first kappa shape index (κ1) is 15.2. The fourth-order valence-electron chi connectivity index (χ4n) is 3.79. The van der Waals surface area contributed by atoms with Crippen molar-refractivity contribution < 1.29 is 9.59 Å². The number of hydrogen-bond donors (Lipinski definition) is 1. The molecule has 0 bridgehead atoms. The summed E-state index contributed by atoms with van der Waals surface area (Å²) in [4.78, 5) is 36.1. The maximum absolute atomic E-state index is 12.7. The number of carbonyl (C=O) groups is 2. The number of hydrogen-bond acceptors (Lipinski definition) is 3. The van der Waals surface area contributed by atoms with Gasteiger partial charge in [-0.3, -0.25) is 9.59 Å². The zero-order valence-electron chi connectivity index (χ0n) is 13.7. The van der Waals surface area contributed by atoms with E-state index in [-0.39, 0.29) is 17.9 Å². The first-order valence-corrected chi connectivity index (χ1v) is 8.74. The number of benzene rings is 1. The lowest BCUT2D eigenvalue weighted by Crippen LogP contribution is -2.35. The second-order valence-electron chi connectivity index (χ2n) is 6.62. The number of amides is 2. The highest BCUT2D eigenvalue weighted by Gasteiger charge is 2.32. The highest BCUT2D eigenvalue weighted by molar-refractivity contribution is 5.81. The summed E-state index contributed by atoms with van der Waals surface area (Å²) in [6, 6.07) is 7.97. The van der Waals surface area contributed by atoms with Gasteiger partial charge in [0.25, 0.3) is 0 Å². The van der Waals surface area contributed by atoms with E-state index in [1.54, 1.807) is 0 Å². The molecule has 2 aromatic rings. The number of imidazole rings is 1. The average molecular weight is 326 g/mol. The summed E-state index contributed by atoms with van der Waals surface area (Å²) in [6.45, 7) is 2.11. The van der Waals surface area contributed by atoms with Crippen LogP contribution in [0.5, 0.6) is 0 Å². The lowest BCUT2D eigenvalue weighted by Gasteiger charge is -2.24. The number of para-hydroxylation sites is 2. The maximum Gasteiger partial charge on any atom is 0.224 e. The lowest BCUT2D eigenvalue weighted by atomic mass is 10.2. The zero-order valence-corrected chi connectivity index (χ0v) is 13.7. The molecule has 24 heavy (non-hydrogen) atoms. The molecular formula is C18H22N4O2. The van der Waals surface area contributed by atoms with Gasteiger partial charge in [0.05, 0.1) is 17.1 Å². The number of nitrogens with one attached hydrogen (secondary N) is 1. The molecule has 0 saturated carbocycles. The molecule has 1 atom stereocenters. The van der Waals surface area contributed by atoms with Gasteiger partial charge in [0.2, 0.25) is 11.8 Å². The van der Waals surface area contributed by atoms with Crippen molar-refractivity contribution in [2.75, 3.05) is 19.6 Å². The molecule has 2 aliphatic heterocycles. The predicted molar refractivity (Wildman–Crippen MR) is 90.2 cm³/mol.